The van der Waals surface area contributed by atoms with Gasteiger partial charge in [0.1, 0.15) is 0 Å². The van der Waals surface area contributed by atoms with Crippen molar-refractivity contribution in [2.75, 3.05) is 31.6 Å². The number of benzene rings is 1. The maximum Gasteiger partial charge on any atom is 0.0746 e. The van der Waals surface area contributed by atoms with Gasteiger partial charge in [-0.05, 0) is 37.9 Å². The van der Waals surface area contributed by atoms with Gasteiger partial charge in [0, 0.05) is 31.9 Å². The lowest BCUT2D eigenvalue weighted by Gasteiger charge is -2.35. The Kier molecular flexibility index (Phi) is 5.23. The van der Waals surface area contributed by atoms with Crippen molar-refractivity contribution in [3.05, 3.63) is 29.8 Å². The van der Waals surface area contributed by atoms with Crippen LogP contribution in [0.2, 0.25) is 0 Å². The van der Waals surface area contributed by atoms with Crippen LogP contribution in [0.3, 0.4) is 0 Å². The summed E-state index contributed by atoms with van der Waals surface area (Å²) in [6.07, 6.45) is 2.76. The molecule has 2 atom stereocenters. The number of methoxy groups -OCH3 is 1. The molecular formula is C16H26N2O. The third kappa shape index (κ3) is 3.48. The van der Waals surface area contributed by atoms with E-state index in [1.165, 1.54) is 24.1 Å². The van der Waals surface area contributed by atoms with Crippen LogP contribution in [0.1, 0.15) is 38.3 Å². The molecule has 0 bridgehead atoms. The number of ether oxygens (including phenoxy) is 1. The summed E-state index contributed by atoms with van der Waals surface area (Å²) in [4.78, 5) is 2.47. The van der Waals surface area contributed by atoms with Crippen molar-refractivity contribution in [3.8, 4) is 0 Å². The standard InChI is InChI=1S/C16H26N2O/c1-4-17-13(2)15-9-5-6-10-16(15)18-11-7-8-14(12-18)19-3/h5-6,9-10,13-14,17H,4,7-8,11-12H2,1-3H3. The van der Waals surface area contributed by atoms with Gasteiger partial charge in [0.2, 0.25) is 0 Å². The quantitative estimate of drug-likeness (QED) is 0.883. The van der Waals surface area contributed by atoms with Gasteiger partial charge in [-0.1, -0.05) is 25.1 Å². The van der Waals surface area contributed by atoms with E-state index in [1.54, 1.807) is 0 Å². The van der Waals surface area contributed by atoms with E-state index in [1.807, 2.05) is 7.11 Å². The van der Waals surface area contributed by atoms with E-state index in [-0.39, 0.29) is 0 Å². The molecule has 0 amide bonds. The Morgan fingerprint density at radius 2 is 2.21 bits per heavy atom. The molecule has 1 fully saturated rings. The van der Waals surface area contributed by atoms with Crippen LogP contribution in [0.4, 0.5) is 5.69 Å². The predicted octanol–water partition coefficient (Wildman–Crippen LogP) is 2.97. The Balaban J connectivity index is 2.18. The zero-order valence-electron chi connectivity index (χ0n) is 12.4. The normalized spacial score (nSPS) is 21.4. The summed E-state index contributed by atoms with van der Waals surface area (Å²) >= 11 is 0. The highest BCUT2D eigenvalue weighted by Gasteiger charge is 2.22. The molecule has 1 aliphatic rings. The lowest BCUT2D eigenvalue weighted by molar-refractivity contribution is 0.0893. The van der Waals surface area contributed by atoms with Crippen molar-refractivity contribution >= 4 is 5.69 Å². The topological polar surface area (TPSA) is 24.5 Å². The first-order valence-corrected chi connectivity index (χ1v) is 7.36. The first-order chi connectivity index (χ1) is 9.26. The fourth-order valence-electron chi connectivity index (χ4n) is 2.91. The minimum absolute atomic E-state index is 0.372. The van der Waals surface area contributed by atoms with Gasteiger partial charge in [-0.2, -0.15) is 0 Å². The molecule has 1 aromatic carbocycles. The highest BCUT2D eigenvalue weighted by atomic mass is 16.5. The lowest BCUT2D eigenvalue weighted by Crippen LogP contribution is -2.40. The van der Waals surface area contributed by atoms with E-state index in [0.29, 0.717) is 12.1 Å². The van der Waals surface area contributed by atoms with Crippen molar-refractivity contribution in [1.82, 2.24) is 5.32 Å². The van der Waals surface area contributed by atoms with Gasteiger partial charge < -0.3 is 15.0 Å². The van der Waals surface area contributed by atoms with Crippen LogP contribution in [-0.4, -0.2) is 32.8 Å². The van der Waals surface area contributed by atoms with E-state index in [2.05, 4.69) is 48.3 Å². The minimum atomic E-state index is 0.372. The first-order valence-electron chi connectivity index (χ1n) is 7.36. The molecule has 1 N–H and O–H groups in total. The van der Waals surface area contributed by atoms with E-state index < -0.39 is 0 Å². The summed E-state index contributed by atoms with van der Waals surface area (Å²) < 4.78 is 5.53. The van der Waals surface area contributed by atoms with Crippen LogP contribution in [0, 0.1) is 0 Å². The van der Waals surface area contributed by atoms with Gasteiger partial charge in [0.05, 0.1) is 6.10 Å². The second kappa shape index (κ2) is 6.92. The van der Waals surface area contributed by atoms with Crippen molar-refractivity contribution in [2.45, 2.75) is 38.8 Å². The zero-order valence-corrected chi connectivity index (χ0v) is 12.4. The molecule has 2 unspecified atom stereocenters. The van der Waals surface area contributed by atoms with Gasteiger partial charge in [-0.3, -0.25) is 0 Å². The van der Waals surface area contributed by atoms with Crippen LogP contribution >= 0.6 is 0 Å². The number of piperidine rings is 1. The van der Waals surface area contributed by atoms with Crippen LogP contribution < -0.4 is 10.2 Å². The molecule has 1 aromatic rings. The molecule has 19 heavy (non-hydrogen) atoms. The molecule has 0 aromatic heterocycles. The molecule has 1 heterocycles. The molecular weight excluding hydrogens is 236 g/mol. The van der Waals surface area contributed by atoms with Crippen molar-refractivity contribution in [2.24, 2.45) is 0 Å². The van der Waals surface area contributed by atoms with Gasteiger partial charge in [-0.15, -0.1) is 0 Å². The van der Waals surface area contributed by atoms with Gasteiger partial charge in [0.25, 0.3) is 0 Å². The highest BCUT2D eigenvalue weighted by Crippen LogP contribution is 2.29. The number of para-hydroxylation sites is 1. The zero-order chi connectivity index (χ0) is 13.7. The molecule has 1 saturated heterocycles. The Hall–Kier alpha value is -1.06. The van der Waals surface area contributed by atoms with E-state index in [0.717, 1.165) is 19.6 Å². The van der Waals surface area contributed by atoms with Crippen molar-refractivity contribution < 1.29 is 4.74 Å². The lowest BCUT2D eigenvalue weighted by atomic mass is 10.0. The monoisotopic (exact) mass is 262 g/mol. The van der Waals surface area contributed by atoms with Crippen LogP contribution in [0.25, 0.3) is 0 Å². The van der Waals surface area contributed by atoms with E-state index in [4.69, 9.17) is 4.74 Å². The molecule has 1 aliphatic heterocycles. The Bertz CT molecular complexity index is 394. The molecule has 0 radical (unpaired) electrons. The Labute approximate surface area is 116 Å². The fourth-order valence-corrected chi connectivity index (χ4v) is 2.91. The number of nitrogens with zero attached hydrogens (tertiary/aromatic N) is 1. The average Bonchev–Trinajstić information content (AvgIpc) is 2.47. The first kappa shape index (κ1) is 14.4. The summed E-state index contributed by atoms with van der Waals surface area (Å²) in [6, 6.07) is 9.13. The molecule has 3 nitrogen and oxygen atoms in total. The number of rotatable bonds is 5. The van der Waals surface area contributed by atoms with Crippen molar-refractivity contribution in [1.29, 1.82) is 0 Å². The summed E-state index contributed by atoms with van der Waals surface area (Å²) in [5.41, 5.74) is 2.75. The molecule has 106 valence electrons. The number of hydrogen-bond acceptors (Lipinski definition) is 3. The summed E-state index contributed by atoms with van der Waals surface area (Å²) in [7, 11) is 1.82. The van der Waals surface area contributed by atoms with Crippen LogP contribution in [-0.2, 0) is 4.74 Å². The van der Waals surface area contributed by atoms with Crippen LogP contribution in [0.15, 0.2) is 24.3 Å². The minimum Gasteiger partial charge on any atom is -0.380 e. The largest absolute Gasteiger partial charge is 0.380 e. The third-order valence-electron chi connectivity index (χ3n) is 3.97. The maximum absolute atomic E-state index is 5.53. The molecule has 0 saturated carbocycles. The Morgan fingerprint density at radius 1 is 1.42 bits per heavy atom. The molecule has 0 spiro atoms. The number of hydrogen-bond donors (Lipinski definition) is 1. The second-order valence-corrected chi connectivity index (χ2v) is 5.28. The number of anilines is 1. The van der Waals surface area contributed by atoms with Crippen LogP contribution in [0.5, 0.6) is 0 Å². The van der Waals surface area contributed by atoms with Crippen molar-refractivity contribution in [3.63, 3.8) is 0 Å². The third-order valence-corrected chi connectivity index (χ3v) is 3.97. The molecule has 2 rings (SSSR count). The SMILES string of the molecule is CCNC(C)c1ccccc1N1CCCC(OC)C1. The Morgan fingerprint density at radius 3 is 2.95 bits per heavy atom. The maximum atomic E-state index is 5.53. The summed E-state index contributed by atoms with van der Waals surface area (Å²) in [5, 5.41) is 3.51. The smallest absolute Gasteiger partial charge is 0.0746 e. The summed E-state index contributed by atoms with van der Waals surface area (Å²) in [5.74, 6) is 0. The second-order valence-electron chi connectivity index (χ2n) is 5.28. The van der Waals surface area contributed by atoms with Gasteiger partial charge >= 0.3 is 0 Å². The average molecular weight is 262 g/mol. The fraction of sp³-hybridized carbons (Fsp3) is 0.625. The highest BCUT2D eigenvalue weighted by molar-refractivity contribution is 5.55. The molecule has 0 aliphatic carbocycles. The number of nitrogens with one attached hydrogen (secondary N) is 1. The van der Waals surface area contributed by atoms with E-state index in [9.17, 15) is 0 Å². The molecule has 3 heteroatoms. The van der Waals surface area contributed by atoms with Gasteiger partial charge in [0.15, 0.2) is 0 Å². The summed E-state index contributed by atoms with van der Waals surface area (Å²) in [6.45, 7) is 7.53. The van der Waals surface area contributed by atoms with E-state index >= 15 is 0 Å². The predicted molar refractivity (Wildman–Crippen MR) is 80.8 cm³/mol. The van der Waals surface area contributed by atoms with Gasteiger partial charge in [-0.25, -0.2) is 0 Å².